The van der Waals surface area contributed by atoms with Gasteiger partial charge in [-0.15, -0.1) is 0 Å². The molecule has 0 aromatic heterocycles. The Bertz CT molecular complexity index is 563. The van der Waals surface area contributed by atoms with Crippen molar-refractivity contribution < 1.29 is 22.7 Å². The zero-order valence-corrected chi connectivity index (χ0v) is 14.5. The second-order valence-corrected chi connectivity index (χ2v) is 6.17. The van der Waals surface area contributed by atoms with E-state index in [1.54, 1.807) is 4.90 Å². The number of benzene rings is 1. The molecule has 0 spiro atoms. The van der Waals surface area contributed by atoms with Gasteiger partial charge in [0.25, 0.3) is 0 Å². The molecule has 1 aromatic carbocycles. The lowest BCUT2D eigenvalue weighted by atomic mass is 10.1. The van der Waals surface area contributed by atoms with Crippen LogP contribution in [0.4, 0.5) is 13.2 Å². The highest BCUT2D eigenvalue weighted by atomic mass is 19.4. The van der Waals surface area contributed by atoms with Crippen molar-refractivity contribution in [2.45, 2.75) is 32.4 Å². The predicted octanol–water partition coefficient (Wildman–Crippen LogP) is 3.11. The molecule has 2 rings (SSSR count). The molecule has 1 heterocycles. The lowest BCUT2D eigenvalue weighted by Gasteiger charge is -2.23. The Labute approximate surface area is 146 Å². The van der Waals surface area contributed by atoms with Crippen molar-refractivity contribution in [3.63, 3.8) is 0 Å². The Morgan fingerprint density at radius 1 is 1.16 bits per heavy atom. The van der Waals surface area contributed by atoms with Crippen molar-refractivity contribution in [3.8, 4) is 5.75 Å². The molecule has 0 aliphatic carbocycles. The van der Waals surface area contributed by atoms with Gasteiger partial charge >= 0.3 is 6.18 Å². The Hall–Kier alpha value is -1.76. The smallest absolute Gasteiger partial charge is 0.401 e. The average molecular weight is 358 g/mol. The minimum Gasteiger partial charge on any atom is -0.494 e. The molecule has 1 fully saturated rings. The Morgan fingerprint density at radius 2 is 1.92 bits per heavy atom. The maximum Gasteiger partial charge on any atom is 0.401 e. The number of aryl methyl sites for hydroxylation is 1. The van der Waals surface area contributed by atoms with Crippen LogP contribution in [-0.4, -0.2) is 61.2 Å². The van der Waals surface area contributed by atoms with Gasteiger partial charge in [-0.25, -0.2) is 0 Å². The van der Waals surface area contributed by atoms with Gasteiger partial charge in [-0.05, 0) is 31.4 Å². The summed E-state index contributed by atoms with van der Waals surface area (Å²) in [5, 5.41) is 0. The van der Waals surface area contributed by atoms with Crippen LogP contribution in [0.3, 0.4) is 0 Å². The fourth-order valence-corrected chi connectivity index (χ4v) is 3.04. The van der Waals surface area contributed by atoms with Crippen molar-refractivity contribution in [2.24, 2.45) is 0 Å². The lowest BCUT2D eigenvalue weighted by molar-refractivity contribution is -0.145. The highest BCUT2D eigenvalue weighted by Crippen LogP contribution is 2.21. The van der Waals surface area contributed by atoms with Crippen LogP contribution in [0.1, 0.15) is 25.3 Å². The van der Waals surface area contributed by atoms with Crippen molar-refractivity contribution >= 4 is 5.91 Å². The molecule has 4 nitrogen and oxygen atoms in total. The van der Waals surface area contributed by atoms with Crippen molar-refractivity contribution in [1.82, 2.24) is 9.80 Å². The van der Waals surface area contributed by atoms with Crippen molar-refractivity contribution in [1.29, 1.82) is 0 Å². The zero-order chi connectivity index (χ0) is 18.3. The van der Waals surface area contributed by atoms with Crippen molar-refractivity contribution in [3.05, 3.63) is 29.8 Å². The van der Waals surface area contributed by atoms with Crippen LogP contribution in [-0.2, 0) is 11.2 Å². The van der Waals surface area contributed by atoms with Crippen LogP contribution in [0.2, 0.25) is 0 Å². The third kappa shape index (κ3) is 6.57. The minimum absolute atomic E-state index is 0.0137. The van der Waals surface area contributed by atoms with E-state index in [1.165, 1.54) is 4.90 Å². The number of nitrogens with zero attached hydrogens (tertiary/aromatic N) is 2. The van der Waals surface area contributed by atoms with Crippen LogP contribution in [0.25, 0.3) is 0 Å². The number of alkyl halides is 3. The molecule has 25 heavy (non-hydrogen) atoms. The summed E-state index contributed by atoms with van der Waals surface area (Å²) in [4.78, 5) is 15.5. The maximum absolute atomic E-state index is 12.5. The van der Waals surface area contributed by atoms with Gasteiger partial charge in [0.1, 0.15) is 5.75 Å². The summed E-state index contributed by atoms with van der Waals surface area (Å²) in [5.74, 6) is 0.769. The highest BCUT2D eigenvalue weighted by Gasteiger charge is 2.31. The van der Waals surface area contributed by atoms with Crippen LogP contribution >= 0.6 is 0 Å². The van der Waals surface area contributed by atoms with E-state index in [2.05, 4.69) is 0 Å². The monoisotopic (exact) mass is 358 g/mol. The Balaban J connectivity index is 1.85. The molecule has 140 valence electrons. The number of ether oxygens (including phenoxy) is 1. The fourth-order valence-electron chi connectivity index (χ4n) is 3.04. The van der Waals surface area contributed by atoms with E-state index in [-0.39, 0.29) is 12.5 Å². The topological polar surface area (TPSA) is 32.8 Å². The number of halogens is 3. The Morgan fingerprint density at radius 3 is 2.64 bits per heavy atom. The standard InChI is InChI=1S/C18H25F3N2O2/c1-2-25-16-7-4-3-6-15(16)8-9-17(24)23-11-5-10-22(12-13-23)14-18(19,20)21/h3-4,6-7H,2,5,8-14H2,1H3. The molecule has 0 bridgehead atoms. The number of para-hydroxylation sites is 1. The highest BCUT2D eigenvalue weighted by molar-refractivity contribution is 5.76. The molecule has 0 unspecified atom stereocenters. The van der Waals surface area contributed by atoms with Gasteiger partial charge in [-0.3, -0.25) is 9.69 Å². The molecule has 1 amide bonds. The molecule has 7 heteroatoms. The second kappa shape index (κ2) is 9.08. The quantitative estimate of drug-likeness (QED) is 0.783. The predicted molar refractivity (Wildman–Crippen MR) is 89.6 cm³/mol. The van der Waals surface area contributed by atoms with E-state index in [9.17, 15) is 18.0 Å². The third-order valence-electron chi connectivity index (χ3n) is 4.22. The van der Waals surface area contributed by atoms with Crippen LogP contribution in [0.15, 0.2) is 24.3 Å². The summed E-state index contributed by atoms with van der Waals surface area (Å²) in [6, 6.07) is 7.61. The molecule has 1 aliphatic heterocycles. The number of hydrogen-bond donors (Lipinski definition) is 0. The fraction of sp³-hybridized carbons (Fsp3) is 0.611. The van der Waals surface area contributed by atoms with E-state index in [1.807, 2.05) is 31.2 Å². The molecule has 0 radical (unpaired) electrons. The first-order valence-electron chi connectivity index (χ1n) is 8.66. The summed E-state index contributed by atoms with van der Waals surface area (Å²) in [6.45, 7) is 3.06. The molecular formula is C18H25F3N2O2. The number of carbonyl (C=O) groups excluding carboxylic acids is 1. The summed E-state index contributed by atoms with van der Waals surface area (Å²) in [5.41, 5.74) is 0.978. The van der Waals surface area contributed by atoms with Gasteiger partial charge in [0, 0.05) is 32.6 Å². The summed E-state index contributed by atoms with van der Waals surface area (Å²) < 4.78 is 43.1. The maximum atomic E-state index is 12.5. The first-order valence-corrected chi connectivity index (χ1v) is 8.66. The lowest BCUT2D eigenvalue weighted by Crippen LogP contribution is -2.38. The summed E-state index contributed by atoms with van der Waals surface area (Å²) >= 11 is 0. The van der Waals surface area contributed by atoms with Gasteiger partial charge in [0.15, 0.2) is 0 Å². The van der Waals surface area contributed by atoms with E-state index in [0.29, 0.717) is 45.5 Å². The van der Waals surface area contributed by atoms with Crippen LogP contribution in [0, 0.1) is 0 Å². The van der Waals surface area contributed by atoms with E-state index < -0.39 is 12.7 Å². The van der Waals surface area contributed by atoms with Gasteiger partial charge in [0.05, 0.1) is 13.2 Å². The van der Waals surface area contributed by atoms with E-state index in [0.717, 1.165) is 11.3 Å². The normalized spacial score (nSPS) is 16.6. The van der Waals surface area contributed by atoms with Gasteiger partial charge < -0.3 is 9.64 Å². The van der Waals surface area contributed by atoms with Crippen molar-refractivity contribution in [2.75, 3.05) is 39.3 Å². The first kappa shape index (κ1) is 19.6. The van der Waals surface area contributed by atoms with Gasteiger partial charge in [0.2, 0.25) is 5.91 Å². The number of rotatable bonds is 6. The number of carbonyl (C=O) groups is 1. The van der Waals surface area contributed by atoms with Crippen LogP contribution in [0.5, 0.6) is 5.75 Å². The molecule has 1 aliphatic rings. The van der Waals surface area contributed by atoms with Gasteiger partial charge in [-0.2, -0.15) is 13.2 Å². The third-order valence-corrected chi connectivity index (χ3v) is 4.22. The van der Waals surface area contributed by atoms with Gasteiger partial charge in [-0.1, -0.05) is 18.2 Å². The molecular weight excluding hydrogens is 333 g/mol. The SMILES string of the molecule is CCOc1ccccc1CCC(=O)N1CCCN(CC(F)(F)F)CC1. The van der Waals surface area contributed by atoms with E-state index in [4.69, 9.17) is 4.74 Å². The molecule has 1 saturated heterocycles. The minimum atomic E-state index is -4.19. The average Bonchev–Trinajstić information content (AvgIpc) is 2.78. The first-order chi connectivity index (χ1) is 11.9. The largest absolute Gasteiger partial charge is 0.494 e. The molecule has 0 N–H and O–H groups in total. The summed E-state index contributed by atoms with van der Waals surface area (Å²) in [6.07, 6.45) is -2.72. The summed E-state index contributed by atoms with van der Waals surface area (Å²) in [7, 11) is 0. The Kier molecular flexibility index (Phi) is 7.11. The molecule has 0 atom stereocenters. The second-order valence-electron chi connectivity index (χ2n) is 6.17. The zero-order valence-electron chi connectivity index (χ0n) is 14.5. The number of amides is 1. The molecule has 1 aromatic rings. The van der Waals surface area contributed by atoms with Crippen LogP contribution < -0.4 is 4.74 Å². The molecule has 0 saturated carbocycles. The van der Waals surface area contributed by atoms with E-state index >= 15 is 0 Å². The number of hydrogen-bond acceptors (Lipinski definition) is 3.